The van der Waals surface area contributed by atoms with Gasteiger partial charge in [-0.05, 0) is 36.6 Å². The van der Waals surface area contributed by atoms with E-state index in [0.717, 1.165) is 27.5 Å². The monoisotopic (exact) mass is 309 g/mol. The van der Waals surface area contributed by atoms with Crippen LogP contribution < -0.4 is 5.32 Å². The molecule has 2 aliphatic rings. The van der Waals surface area contributed by atoms with Gasteiger partial charge in [-0.2, -0.15) is 0 Å². The molecule has 2 atom stereocenters. The van der Waals surface area contributed by atoms with Crippen molar-refractivity contribution in [3.8, 4) is 0 Å². The molecule has 118 valence electrons. The third-order valence-corrected chi connectivity index (χ3v) is 5.19. The number of rotatable bonds is 1. The number of nitrogens with one attached hydrogen (secondary N) is 1. The van der Waals surface area contributed by atoms with Crippen molar-refractivity contribution in [2.75, 3.05) is 13.2 Å². The van der Waals surface area contributed by atoms with Gasteiger partial charge in [-0.3, -0.25) is 0 Å². The third kappa shape index (κ3) is 2.10. The van der Waals surface area contributed by atoms with Crippen LogP contribution in [0.5, 0.6) is 0 Å². The Bertz CT molecular complexity index is 873. The second-order valence-electron chi connectivity index (χ2n) is 6.85. The highest BCUT2D eigenvalue weighted by molar-refractivity contribution is 6.05. The molecule has 0 amide bonds. The lowest BCUT2D eigenvalue weighted by atomic mass is 9.78. The second-order valence-corrected chi connectivity index (χ2v) is 6.85. The van der Waals surface area contributed by atoms with Crippen molar-refractivity contribution in [2.24, 2.45) is 0 Å². The quantitative estimate of drug-likeness (QED) is 0.726. The minimum absolute atomic E-state index is 0.226. The highest BCUT2D eigenvalue weighted by atomic mass is 16.5. The van der Waals surface area contributed by atoms with Crippen LogP contribution >= 0.6 is 0 Å². The number of morpholine rings is 1. The van der Waals surface area contributed by atoms with E-state index in [1.54, 1.807) is 0 Å². The summed E-state index contributed by atoms with van der Waals surface area (Å²) in [7, 11) is 0. The summed E-state index contributed by atoms with van der Waals surface area (Å²) in [5.41, 5.74) is 1.95. The van der Waals surface area contributed by atoms with E-state index in [0.29, 0.717) is 26.1 Å². The van der Waals surface area contributed by atoms with Crippen LogP contribution in [0, 0.1) is 0 Å². The Hall–Kier alpha value is -1.88. The molecule has 2 unspecified atom stereocenters. The lowest BCUT2D eigenvalue weighted by Gasteiger charge is -2.45. The topological polar surface area (TPSA) is 54.6 Å². The predicted octanol–water partition coefficient (Wildman–Crippen LogP) is 2.92. The standard InChI is InChI=1S/C19H19NO3/c21-19(8-13-10-22-11-14(9-19)20-13)12-5-6-18-16(7-12)15-3-1-2-4-17(15)23-18/h1-7,13-14,20-21H,8-11H2. The van der Waals surface area contributed by atoms with Crippen molar-refractivity contribution in [3.63, 3.8) is 0 Å². The molecule has 0 radical (unpaired) electrons. The summed E-state index contributed by atoms with van der Waals surface area (Å²) in [6.07, 6.45) is 1.37. The van der Waals surface area contributed by atoms with Gasteiger partial charge in [0, 0.05) is 22.9 Å². The molecule has 2 N–H and O–H groups in total. The summed E-state index contributed by atoms with van der Waals surface area (Å²) >= 11 is 0. The van der Waals surface area contributed by atoms with Gasteiger partial charge in [-0.25, -0.2) is 0 Å². The summed E-state index contributed by atoms with van der Waals surface area (Å²) < 4.78 is 11.5. The van der Waals surface area contributed by atoms with E-state index in [1.807, 2.05) is 30.3 Å². The van der Waals surface area contributed by atoms with Crippen LogP contribution in [0.25, 0.3) is 21.9 Å². The number of furan rings is 1. The van der Waals surface area contributed by atoms with Gasteiger partial charge in [-0.1, -0.05) is 24.3 Å². The van der Waals surface area contributed by atoms with Gasteiger partial charge in [-0.15, -0.1) is 0 Å². The first-order valence-corrected chi connectivity index (χ1v) is 8.19. The number of aliphatic hydroxyl groups is 1. The first-order valence-electron chi connectivity index (χ1n) is 8.19. The number of piperidine rings is 1. The van der Waals surface area contributed by atoms with Crippen molar-refractivity contribution in [1.82, 2.24) is 5.32 Å². The zero-order chi connectivity index (χ0) is 15.4. The predicted molar refractivity (Wildman–Crippen MR) is 88.4 cm³/mol. The maximum Gasteiger partial charge on any atom is 0.135 e. The molecule has 0 spiro atoms. The van der Waals surface area contributed by atoms with Gasteiger partial charge in [0.25, 0.3) is 0 Å². The molecular weight excluding hydrogens is 290 g/mol. The van der Waals surface area contributed by atoms with Crippen molar-refractivity contribution in [2.45, 2.75) is 30.5 Å². The van der Waals surface area contributed by atoms with E-state index < -0.39 is 5.60 Å². The first kappa shape index (κ1) is 13.5. The lowest BCUT2D eigenvalue weighted by Crippen LogP contribution is -2.58. The van der Waals surface area contributed by atoms with Crippen molar-refractivity contribution in [1.29, 1.82) is 0 Å². The van der Waals surface area contributed by atoms with Gasteiger partial charge >= 0.3 is 0 Å². The fourth-order valence-corrected chi connectivity index (χ4v) is 4.17. The van der Waals surface area contributed by atoms with Gasteiger partial charge in [0.05, 0.1) is 18.8 Å². The normalized spacial score (nSPS) is 30.8. The van der Waals surface area contributed by atoms with Gasteiger partial charge in [0.2, 0.25) is 0 Å². The van der Waals surface area contributed by atoms with Crippen LogP contribution in [-0.4, -0.2) is 30.4 Å². The molecule has 3 heterocycles. The summed E-state index contributed by atoms with van der Waals surface area (Å²) in [4.78, 5) is 0. The molecule has 2 aliphatic heterocycles. The maximum absolute atomic E-state index is 11.3. The second kappa shape index (κ2) is 4.81. The molecule has 1 aromatic heterocycles. The van der Waals surface area contributed by atoms with E-state index in [9.17, 15) is 5.11 Å². The molecule has 5 rings (SSSR count). The lowest BCUT2D eigenvalue weighted by molar-refractivity contribution is -0.0801. The number of hydrogen-bond donors (Lipinski definition) is 2. The van der Waals surface area contributed by atoms with Gasteiger partial charge in [0.15, 0.2) is 0 Å². The fraction of sp³-hybridized carbons (Fsp3) is 0.368. The Kier molecular flexibility index (Phi) is 2.83. The minimum atomic E-state index is -0.795. The Morgan fingerprint density at radius 3 is 2.52 bits per heavy atom. The fourth-order valence-electron chi connectivity index (χ4n) is 4.17. The number of hydrogen-bond acceptors (Lipinski definition) is 4. The van der Waals surface area contributed by atoms with E-state index in [1.165, 1.54) is 0 Å². The average Bonchev–Trinajstić information content (AvgIpc) is 2.92. The number of benzene rings is 2. The SMILES string of the molecule is OC1(c2ccc3oc4ccccc4c3c2)CC2COCC(C1)N2. The van der Waals surface area contributed by atoms with Crippen LogP contribution in [0.15, 0.2) is 46.9 Å². The maximum atomic E-state index is 11.3. The third-order valence-electron chi connectivity index (χ3n) is 5.19. The van der Waals surface area contributed by atoms with Crippen LogP contribution in [0.4, 0.5) is 0 Å². The molecule has 0 saturated carbocycles. The van der Waals surface area contributed by atoms with E-state index in [4.69, 9.17) is 9.15 Å². The van der Waals surface area contributed by atoms with Crippen LogP contribution in [-0.2, 0) is 10.3 Å². The van der Waals surface area contributed by atoms with Crippen LogP contribution in [0.1, 0.15) is 18.4 Å². The molecule has 0 aliphatic carbocycles. The molecule has 2 saturated heterocycles. The van der Waals surface area contributed by atoms with Crippen LogP contribution in [0.2, 0.25) is 0 Å². The summed E-state index contributed by atoms with van der Waals surface area (Å²) in [6, 6.07) is 14.6. The van der Waals surface area contributed by atoms with Crippen molar-refractivity contribution in [3.05, 3.63) is 48.0 Å². The molecule has 3 aromatic rings. The zero-order valence-electron chi connectivity index (χ0n) is 12.8. The molecule has 2 fully saturated rings. The van der Waals surface area contributed by atoms with E-state index in [2.05, 4.69) is 17.4 Å². The molecule has 2 aromatic carbocycles. The largest absolute Gasteiger partial charge is 0.456 e. The molecule has 2 bridgehead atoms. The smallest absolute Gasteiger partial charge is 0.135 e. The minimum Gasteiger partial charge on any atom is -0.456 e. The van der Waals surface area contributed by atoms with Gasteiger partial charge < -0.3 is 19.6 Å². The molecular formula is C19H19NO3. The molecule has 4 heteroatoms. The number of para-hydroxylation sites is 1. The van der Waals surface area contributed by atoms with E-state index in [-0.39, 0.29) is 12.1 Å². The number of fused-ring (bicyclic) bond motifs is 5. The Morgan fingerprint density at radius 1 is 0.957 bits per heavy atom. The summed E-state index contributed by atoms with van der Waals surface area (Å²) in [5, 5.41) is 17.0. The van der Waals surface area contributed by atoms with E-state index >= 15 is 0 Å². The number of ether oxygens (including phenoxy) is 1. The summed E-state index contributed by atoms with van der Waals surface area (Å²) in [5.74, 6) is 0. The average molecular weight is 309 g/mol. The highest BCUT2D eigenvalue weighted by Gasteiger charge is 2.42. The highest BCUT2D eigenvalue weighted by Crippen LogP contribution is 2.39. The Labute approximate surface area is 134 Å². The van der Waals surface area contributed by atoms with Crippen LogP contribution in [0.3, 0.4) is 0 Å². The first-order chi connectivity index (χ1) is 11.2. The Balaban J connectivity index is 1.63. The molecule has 23 heavy (non-hydrogen) atoms. The van der Waals surface area contributed by atoms with Crippen molar-refractivity contribution < 1.29 is 14.3 Å². The molecule has 4 nitrogen and oxygen atoms in total. The summed E-state index contributed by atoms with van der Waals surface area (Å²) in [6.45, 7) is 1.35. The van der Waals surface area contributed by atoms with Crippen molar-refractivity contribution >= 4 is 21.9 Å². The van der Waals surface area contributed by atoms with Gasteiger partial charge in [0.1, 0.15) is 11.2 Å². The Morgan fingerprint density at radius 2 is 1.70 bits per heavy atom. The zero-order valence-corrected chi connectivity index (χ0v) is 12.8.